The summed E-state index contributed by atoms with van der Waals surface area (Å²) in [6.45, 7) is 8.28. The van der Waals surface area contributed by atoms with Crippen LogP contribution in [0, 0.1) is 20.8 Å². The second-order valence-corrected chi connectivity index (χ2v) is 6.32. The molecule has 0 unspecified atom stereocenters. The molecule has 0 aliphatic rings. The van der Waals surface area contributed by atoms with E-state index in [1.807, 2.05) is 13.8 Å². The van der Waals surface area contributed by atoms with Crippen molar-refractivity contribution in [3.63, 3.8) is 0 Å². The Bertz CT molecular complexity index is 606. The number of benzene rings is 1. The van der Waals surface area contributed by atoms with Crippen molar-refractivity contribution in [3.05, 3.63) is 51.4 Å². The van der Waals surface area contributed by atoms with Crippen LogP contribution in [-0.4, -0.2) is 9.97 Å². The zero-order valence-corrected chi connectivity index (χ0v) is 13.9. The average Bonchev–Trinajstić information content (AvgIpc) is 2.39. The summed E-state index contributed by atoms with van der Waals surface area (Å²) >= 11 is 7.89. The van der Waals surface area contributed by atoms with E-state index in [2.05, 4.69) is 42.0 Å². The van der Waals surface area contributed by atoms with Crippen LogP contribution in [0.5, 0.6) is 0 Å². The topological polar surface area (TPSA) is 25.8 Å². The predicted molar refractivity (Wildman–Crippen MR) is 86.6 cm³/mol. The average molecular weight is 307 g/mol. The Balaban J connectivity index is 2.20. The van der Waals surface area contributed by atoms with E-state index in [1.54, 1.807) is 11.8 Å². The van der Waals surface area contributed by atoms with Gasteiger partial charge in [-0.05, 0) is 26.3 Å². The van der Waals surface area contributed by atoms with Crippen LogP contribution in [0.1, 0.15) is 35.0 Å². The molecule has 1 aromatic carbocycles. The lowest BCUT2D eigenvalue weighted by molar-refractivity contribution is 0.871. The van der Waals surface area contributed by atoms with Gasteiger partial charge in [-0.3, -0.25) is 0 Å². The summed E-state index contributed by atoms with van der Waals surface area (Å²) < 4.78 is 0. The molecule has 0 aliphatic heterocycles. The van der Waals surface area contributed by atoms with Crippen molar-refractivity contribution in [2.24, 2.45) is 0 Å². The fourth-order valence-corrected chi connectivity index (χ4v) is 3.31. The first-order valence-electron chi connectivity index (χ1n) is 6.72. The quantitative estimate of drug-likeness (QED) is 0.593. The first kappa shape index (κ1) is 15.3. The summed E-state index contributed by atoms with van der Waals surface area (Å²) in [6, 6.07) is 6.63. The van der Waals surface area contributed by atoms with Crippen LogP contribution >= 0.6 is 23.4 Å². The van der Waals surface area contributed by atoms with Crippen molar-refractivity contribution < 1.29 is 0 Å². The van der Waals surface area contributed by atoms with Gasteiger partial charge in [0.15, 0.2) is 0 Å². The Morgan fingerprint density at radius 1 is 1.05 bits per heavy atom. The van der Waals surface area contributed by atoms with Gasteiger partial charge in [-0.25, -0.2) is 9.97 Å². The van der Waals surface area contributed by atoms with E-state index in [1.165, 1.54) is 16.7 Å². The molecule has 1 heterocycles. The van der Waals surface area contributed by atoms with Crippen molar-refractivity contribution in [1.29, 1.82) is 0 Å². The number of hydrogen-bond donors (Lipinski definition) is 0. The van der Waals surface area contributed by atoms with Gasteiger partial charge in [0.1, 0.15) is 16.0 Å². The van der Waals surface area contributed by atoms with Crippen LogP contribution < -0.4 is 0 Å². The molecule has 0 spiro atoms. The van der Waals surface area contributed by atoms with E-state index in [0.29, 0.717) is 5.15 Å². The van der Waals surface area contributed by atoms with Crippen LogP contribution in [0.4, 0.5) is 0 Å². The number of rotatable bonds is 4. The van der Waals surface area contributed by atoms with Crippen LogP contribution in [0.2, 0.25) is 5.15 Å². The van der Waals surface area contributed by atoms with Gasteiger partial charge in [-0.15, -0.1) is 11.8 Å². The molecule has 0 saturated heterocycles. The molecule has 0 N–H and O–H groups in total. The van der Waals surface area contributed by atoms with E-state index in [4.69, 9.17) is 11.6 Å². The summed E-state index contributed by atoms with van der Waals surface area (Å²) in [5.41, 5.74) is 4.89. The number of thioether (sulfide) groups is 1. The Morgan fingerprint density at radius 2 is 1.70 bits per heavy atom. The molecular formula is C16H19ClN2S. The zero-order chi connectivity index (χ0) is 14.7. The first-order chi connectivity index (χ1) is 9.49. The highest BCUT2D eigenvalue weighted by Crippen LogP contribution is 2.28. The number of nitrogens with zero attached hydrogens (tertiary/aromatic N) is 2. The minimum Gasteiger partial charge on any atom is -0.226 e. The molecule has 0 bridgehead atoms. The smallest absolute Gasteiger partial charge is 0.136 e. The van der Waals surface area contributed by atoms with Crippen molar-refractivity contribution >= 4 is 23.4 Å². The van der Waals surface area contributed by atoms with Crippen LogP contribution in [0.15, 0.2) is 23.2 Å². The first-order valence-corrected chi connectivity index (χ1v) is 8.09. The van der Waals surface area contributed by atoms with E-state index >= 15 is 0 Å². The van der Waals surface area contributed by atoms with Crippen LogP contribution in [-0.2, 0) is 12.2 Å². The van der Waals surface area contributed by atoms with Crippen LogP contribution in [0.3, 0.4) is 0 Å². The Morgan fingerprint density at radius 3 is 2.30 bits per heavy atom. The van der Waals surface area contributed by atoms with Crippen molar-refractivity contribution in [1.82, 2.24) is 9.97 Å². The number of hydrogen-bond acceptors (Lipinski definition) is 3. The van der Waals surface area contributed by atoms with E-state index < -0.39 is 0 Å². The molecule has 0 saturated carbocycles. The Kier molecular flexibility index (Phi) is 5.06. The molecule has 1 aromatic heterocycles. The standard InChI is InChI=1S/C16H19ClN2S/c1-5-14-18-15(17)12(4)16(19-14)20-9-13-7-10(2)6-11(3)8-13/h6-8H,5,9H2,1-4H3. The third kappa shape index (κ3) is 3.74. The maximum absolute atomic E-state index is 6.17. The van der Waals surface area contributed by atoms with Gasteiger partial charge in [-0.2, -0.15) is 0 Å². The van der Waals surface area contributed by atoms with Crippen molar-refractivity contribution in [3.8, 4) is 0 Å². The molecule has 2 nitrogen and oxygen atoms in total. The van der Waals surface area contributed by atoms with E-state index in [9.17, 15) is 0 Å². The van der Waals surface area contributed by atoms with Gasteiger partial charge in [0.2, 0.25) is 0 Å². The minimum absolute atomic E-state index is 0.569. The highest BCUT2D eigenvalue weighted by atomic mass is 35.5. The maximum atomic E-state index is 6.17. The highest BCUT2D eigenvalue weighted by Gasteiger charge is 2.09. The summed E-state index contributed by atoms with van der Waals surface area (Å²) in [7, 11) is 0. The molecule has 106 valence electrons. The van der Waals surface area contributed by atoms with E-state index in [0.717, 1.165) is 28.6 Å². The minimum atomic E-state index is 0.569. The van der Waals surface area contributed by atoms with Gasteiger partial charge in [0.05, 0.1) is 0 Å². The summed E-state index contributed by atoms with van der Waals surface area (Å²) in [4.78, 5) is 8.86. The summed E-state index contributed by atoms with van der Waals surface area (Å²) in [5, 5.41) is 1.56. The molecule has 0 fully saturated rings. The Labute approximate surface area is 130 Å². The SMILES string of the molecule is CCc1nc(Cl)c(C)c(SCc2cc(C)cc(C)c2)n1. The third-order valence-corrected chi connectivity index (χ3v) is 4.58. The number of halogens is 1. The van der Waals surface area contributed by atoms with Gasteiger partial charge < -0.3 is 0 Å². The molecule has 0 aliphatic carbocycles. The Hall–Kier alpha value is -1.06. The fourth-order valence-electron chi connectivity index (χ4n) is 2.11. The van der Waals surface area contributed by atoms with Crippen LogP contribution in [0.25, 0.3) is 0 Å². The lowest BCUT2D eigenvalue weighted by atomic mass is 10.1. The second-order valence-electron chi connectivity index (χ2n) is 5.00. The molecule has 2 aromatic rings. The lowest BCUT2D eigenvalue weighted by Gasteiger charge is -2.09. The molecule has 4 heteroatoms. The highest BCUT2D eigenvalue weighted by molar-refractivity contribution is 7.98. The fraction of sp³-hybridized carbons (Fsp3) is 0.375. The van der Waals surface area contributed by atoms with Gasteiger partial charge in [-0.1, -0.05) is 47.9 Å². The number of aryl methyl sites for hydroxylation is 3. The summed E-state index contributed by atoms with van der Waals surface area (Å²) in [5.74, 6) is 1.71. The number of aromatic nitrogens is 2. The second kappa shape index (κ2) is 6.59. The summed E-state index contributed by atoms with van der Waals surface area (Å²) in [6.07, 6.45) is 0.803. The largest absolute Gasteiger partial charge is 0.226 e. The van der Waals surface area contributed by atoms with Gasteiger partial charge >= 0.3 is 0 Å². The van der Waals surface area contributed by atoms with Crippen molar-refractivity contribution in [2.75, 3.05) is 0 Å². The normalized spacial score (nSPS) is 10.8. The lowest BCUT2D eigenvalue weighted by Crippen LogP contribution is -1.99. The van der Waals surface area contributed by atoms with E-state index in [-0.39, 0.29) is 0 Å². The maximum Gasteiger partial charge on any atom is 0.136 e. The molecule has 0 radical (unpaired) electrons. The molecule has 0 atom stereocenters. The molecule has 0 amide bonds. The predicted octanol–water partition coefficient (Wildman–Crippen LogP) is 4.91. The van der Waals surface area contributed by atoms with Crippen molar-refractivity contribution in [2.45, 2.75) is 44.9 Å². The monoisotopic (exact) mass is 306 g/mol. The molecule has 2 rings (SSSR count). The zero-order valence-electron chi connectivity index (χ0n) is 12.3. The molecule has 20 heavy (non-hydrogen) atoms. The molecular weight excluding hydrogens is 288 g/mol. The third-order valence-electron chi connectivity index (χ3n) is 3.06. The van der Waals surface area contributed by atoms with Gasteiger partial charge in [0.25, 0.3) is 0 Å². The van der Waals surface area contributed by atoms with Gasteiger partial charge in [0, 0.05) is 17.7 Å².